The molecule has 2 rings (SSSR count). The highest BCUT2D eigenvalue weighted by atomic mass is 35.5. The van der Waals surface area contributed by atoms with E-state index in [1.54, 1.807) is 14.2 Å². The van der Waals surface area contributed by atoms with E-state index in [9.17, 15) is 0 Å². The normalized spacial score (nSPS) is 18.1. The fraction of sp³-hybridized carbons (Fsp3) is 0.571. The average Bonchev–Trinajstić information content (AvgIpc) is 2.87. The van der Waals surface area contributed by atoms with Gasteiger partial charge in [-0.25, -0.2) is 0 Å². The van der Waals surface area contributed by atoms with Crippen molar-refractivity contribution in [1.29, 1.82) is 0 Å². The molecule has 1 aromatic carbocycles. The van der Waals surface area contributed by atoms with Gasteiger partial charge in [-0.3, -0.25) is 0 Å². The predicted molar refractivity (Wildman–Crippen MR) is 70.4 cm³/mol. The fourth-order valence-electron chi connectivity index (χ4n) is 2.76. The standard InChI is InChI=1S/C14H19ClO2/c1-16-11-5-6-12(13(9-11)17-2)14(10-15)7-3-4-8-14/h5-6,9H,3-4,7-8,10H2,1-2H3. The van der Waals surface area contributed by atoms with Crippen molar-refractivity contribution in [2.75, 3.05) is 20.1 Å². The lowest BCUT2D eigenvalue weighted by molar-refractivity contribution is 0.376. The zero-order valence-corrected chi connectivity index (χ0v) is 11.2. The van der Waals surface area contributed by atoms with Gasteiger partial charge in [-0.05, 0) is 18.9 Å². The van der Waals surface area contributed by atoms with Crippen molar-refractivity contribution in [3.05, 3.63) is 23.8 Å². The second-order valence-electron chi connectivity index (χ2n) is 4.69. The molecular weight excluding hydrogens is 236 g/mol. The third kappa shape index (κ3) is 2.23. The van der Waals surface area contributed by atoms with Gasteiger partial charge in [-0.1, -0.05) is 18.9 Å². The second-order valence-corrected chi connectivity index (χ2v) is 4.95. The van der Waals surface area contributed by atoms with Crippen LogP contribution in [0.1, 0.15) is 31.2 Å². The van der Waals surface area contributed by atoms with E-state index in [0.29, 0.717) is 5.88 Å². The molecule has 1 aromatic rings. The average molecular weight is 255 g/mol. The van der Waals surface area contributed by atoms with Crippen LogP contribution in [0.4, 0.5) is 0 Å². The molecule has 0 amide bonds. The number of alkyl halides is 1. The molecule has 94 valence electrons. The van der Waals surface area contributed by atoms with Gasteiger partial charge >= 0.3 is 0 Å². The van der Waals surface area contributed by atoms with Gasteiger partial charge in [-0.2, -0.15) is 0 Å². The summed E-state index contributed by atoms with van der Waals surface area (Å²) in [6.07, 6.45) is 4.81. The Kier molecular flexibility index (Phi) is 3.82. The van der Waals surface area contributed by atoms with E-state index in [0.717, 1.165) is 24.3 Å². The maximum atomic E-state index is 6.21. The van der Waals surface area contributed by atoms with Crippen LogP contribution in [0.5, 0.6) is 11.5 Å². The molecule has 2 nitrogen and oxygen atoms in total. The molecule has 1 saturated carbocycles. The Balaban J connectivity index is 2.42. The van der Waals surface area contributed by atoms with Crippen molar-refractivity contribution < 1.29 is 9.47 Å². The first-order chi connectivity index (χ1) is 8.25. The molecule has 0 aromatic heterocycles. The number of methoxy groups -OCH3 is 2. The van der Waals surface area contributed by atoms with Crippen LogP contribution in [0.2, 0.25) is 0 Å². The first-order valence-electron chi connectivity index (χ1n) is 6.04. The van der Waals surface area contributed by atoms with E-state index < -0.39 is 0 Å². The highest BCUT2D eigenvalue weighted by molar-refractivity contribution is 6.18. The van der Waals surface area contributed by atoms with Crippen molar-refractivity contribution in [3.8, 4) is 11.5 Å². The van der Waals surface area contributed by atoms with Gasteiger partial charge in [-0.15, -0.1) is 11.6 Å². The minimum atomic E-state index is 0.0964. The summed E-state index contributed by atoms with van der Waals surface area (Å²) in [7, 11) is 3.37. The molecule has 0 N–H and O–H groups in total. The van der Waals surface area contributed by atoms with E-state index in [2.05, 4.69) is 6.07 Å². The first kappa shape index (κ1) is 12.6. The molecule has 1 fully saturated rings. The molecule has 1 aliphatic carbocycles. The zero-order chi connectivity index (χ0) is 12.3. The molecule has 0 unspecified atom stereocenters. The number of halogens is 1. The maximum Gasteiger partial charge on any atom is 0.126 e. The Labute approximate surface area is 108 Å². The minimum Gasteiger partial charge on any atom is -0.497 e. The molecular formula is C14H19ClO2. The zero-order valence-electron chi connectivity index (χ0n) is 10.5. The Morgan fingerprint density at radius 1 is 1.18 bits per heavy atom. The molecule has 0 saturated heterocycles. The molecule has 0 atom stereocenters. The maximum absolute atomic E-state index is 6.21. The van der Waals surface area contributed by atoms with Gasteiger partial charge in [0.1, 0.15) is 11.5 Å². The molecule has 17 heavy (non-hydrogen) atoms. The van der Waals surface area contributed by atoms with Crippen LogP contribution < -0.4 is 9.47 Å². The van der Waals surface area contributed by atoms with Crippen LogP contribution in [-0.2, 0) is 5.41 Å². The molecule has 0 radical (unpaired) electrons. The van der Waals surface area contributed by atoms with E-state index in [-0.39, 0.29) is 5.41 Å². The molecule has 0 bridgehead atoms. The molecule has 0 heterocycles. The summed E-state index contributed by atoms with van der Waals surface area (Å²) in [6, 6.07) is 6.04. The third-order valence-corrected chi connectivity index (χ3v) is 4.31. The summed E-state index contributed by atoms with van der Waals surface area (Å²) in [6.45, 7) is 0. The summed E-state index contributed by atoms with van der Waals surface area (Å²) in [5.41, 5.74) is 1.33. The van der Waals surface area contributed by atoms with Gasteiger partial charge < -0.3 is 9.47 Å². The second kappa shape index (κ2) is 5.18. The Hall–Kier alpha value is -0.890. The smallest absolute Gasteiger partial charge is 0.126 e. The topological polar surface area (TPSA) is 18.5 Å². The van der Waals surface area contributed by atoms with Crippen molar-refractivity contribution in [2.45, 2.75) is 31.1 Å². The highest BCUT2D eigenvalue weighted by Gasteiger charge is 2.37. The van der Waals surface area contributed by atoms with Crippen molar-refractivity contribution in [3.63, 3.8) is 0 Å². The molecule has 0 aliphatic heterocycles. The Bertz CT molecular complexity index is 384. The summed E-state index contributed by atoms with van der Waals surface area (Å²) in [5, 5.41) is 0. The summed E-state index contributed by atoms with van der Waals surface area (Å²) < 4.78 is 10.7. The SMILES string of the molecule is COc1ccc(C2(CCl)CCCC2)c(OC)c1. The van der Waals surface area contributed by atoms with Gasteiger partial charge in [0.2, 0.25) is 0 Å². The van der Waals surface area contributed by atoms with Gasteiger partial charge in [0.05, 0.1) is 14.2 Å². The number of hydrogen-bond acceptors (Lipinski definition) is 2. The number of rotatable bonds is 4. The van der Waals surface area contributed by atoms with Gasteiger partial charge in [0.25, 0.3) is 0 Å². The van der Waals surface area contributed by atoms with Crippen LogP contribution >= 0.6 is 11.6 Å². The molecule has 0 spiro atoms. The lowest BCUT2D eigenvalue weighted by Gasteiger charge is -2.28. The van der Waals surface area contributed by atoms with Crippen LogP contribution in [-0.4, -0.2) is 20.1 Å². The number of hydrogen-bond donors (Lipinski definition) is 0. The number of ether oxygens (including phenoxy) is 2. The van der Waals surface area contributed by atoms with Gasteiger partial charge in [0, 0.05) is 22.9 Å². The molecule has 3 heteroatoms. The Morgan fingerprint density at radius 3 is 2.41 bits per heavy atom. The van der Waals surface area contributed by atoms with Crippen molar-refractivity contribution in [1.82, 2.24) is 0 Å². The minimum absolute atomic E-state index is 0.0964. The van der Waals surface area contributed by atoms with E-state index in [1.165, 1.54) is 18.4 Å². The van der Waals surface area contributed by atoms with Crippen molar-refractivity contribution >= 4 is 11.6 Å². The van der Waals surface area contributed by atoms with Crippen LogP contribution in [0.25, 0.3) is 0 Å². The van der Waals surface area contributed by atoms with Crippen LogP contribution in [0.15, 0.2) is 18.2 Å². The van der Waals surface area contributed by atoms with Crippen molar-refractivity contribution in [2.24, 2.45) is 0 Å². The highest BCUT2D eigenvalue weighted by Crippen LogP contribution is 2.46. The van der Waals surface area contributed by atoms with E-state index in [1.807, 2.05) is 12.1 Å². The summed E-state index contributed by atoms with van der Waals surface area (Å²) in [5.74, 6) is 2.38. The van der Waals surface area contributed by atoms with Crippen LogP contribution in [0.3, 0.4) is 0 Å². The largest absolute Gasteiger partial charge is 0.497 e. The fourth-order valence-corrected chi connectivity index (χ4v) is 3.17. The first-order valence-corrected chi connectivity index (χ1v) is 6.58. The lowest BCUT2D eigenvalue weighted by atomic mass is 9.80. The Morgan fingerprint density at radius 2 is 1.88 bits per heavy atom. The quantitative estimate of drug-likeness (QED) is 0.762. The summed E-state index contributed by atoms with van der Waals surface area (Å²) >= 11 is 6.21. The summed E-state index contributed by atoms with van der Waals surface area (Å²) in [4.78, 5) is 0. The van der Waals surface area contributed by atoms with Crippen LogP contribution in [0, 0.1) is 0 Å². The predicted octanol–water partition coefficient (Wildman–Crippen LogP) is 3.75. The molecule has 1 aliphatic rings. The number of benzene rings is 1. The van der Waals surface area contributed by atoms with E-state index >= 15 is 0 Å². The van der Waals surface area contributed by atoms with Gasteiger partial charge in [0.15, 0.2) is 0 Å². The van der Waals surface area contributed by atoms with E-state index in [4.69, 9.17) is 21.1 Å². The monoisotopic (exact) mass is 254 g/mol. The lowest BCUT2D eigenvalue weighted by Crippen LogP contribution is -2.24. The third-order valence-electron chi connectivity index (χ3n) is 3.80.